The number of fused-ring (bicyclic) bond motifs is 1. The zero-order valence-electron chi connectivity index (χ0n) is 14.3. The fourth-order valence-electron chi connectivity index (χ4n) is 2.99. The lowest BCUT2D eigenvalue weighted by Crippen LogP contribution is -2.34. The Bertz CT molecular complexity index is 978. The first kappa shape index (κ1) is 16.6. The number of benzene rings is 1. The van der Waals surface area contributed by atoms with Crippen LogP contribution in [0.3, 0.4) is 0 Å². The van der Waals surface area contributed by atoms with E-state index in [-0.39, 0.29) is 11.8 Å². The number of aromatic nitrogens is 2. The lowest BCUT2D eigenvalue weighted by Gasteiger charge is -2.18. The molecule has 0 radical (unpaired) electrons. The Labute approximate surface area is 154 Å². The average Bonchev–Trinajstić information content (AvgIpc) is 3.17. The topological polar surface area (TPSA) is 75.9 Å². The van der Waals surface area contributed by atoms with Crippen molar-refractivity contribution < 1.29 is 14.3 Å². The SMILES string of the molecule is COc1cccc(-c2cn3c(C(=O)N4CCNC(=O)CC4)csc3n2)c1. The van der Waals surface area contributed by atoms with Gasteiger partial charge in [0.1, 0.15) is 11.4 Å². The van der Waals surface area contributed by atoms with E-state index in [1.807, 2.05) is 40.2 Å². The number of methoxy groups -OCH3 is 1. The molecular formula is C18H18N4O3S. The predicted octanol–water partition coefficient (Wildman–Crippen LogP) is 2.03. The number of nitrogens with one attached hydrogen (secondary N) is 1. The van der Waals surface area contributed by atoms with Gasteiger partial charge >= 0.3 is 0 Å². The second-order valence-electron chi connectivity index (χ2n) is 6.02. The van der Waals surface area contributed by atoms with Crippen LogP contribution in [0.4, 0.5) is 0 Å². The van der Waals surface area contributed by atoms with Gasteiger partial charge < -0.3 is 15.0 Å². The Morgan fingerprint density at radius 1 is 1.35 bits per heavy atom. The van der Waals surface area contributed by atoms with Crippen molar-refractivity contribution in [2.45, 2.75) is 6.42 Å². The van der Waals surface area contributed by atoms with E-state index in [1.165, 1.54) is 11.3 Å². The van der Waals surface area contributed by atoms with Gasteiger partial charge in [0.15, 0.2) is 4.96 Å². The zero-order valence-corrected chi connectivity index (χ0v) is 15.1. The number of carbonyl (C=O) groups is 2. The van der Waals surface area contributed by atoms with Crippen LogP contribution in [0.15, 0.2) is 35.8 Å². The van der Waals surface area contributed by atoms with E-state index in [1.54, 1.807) is 12.0 Å². The van der Waals surface area contributed by atoms with Crippen molar-refractivity contribution in [3.63, 3.8) is 0 Å². The molecule has 26 heavy (non-hydrogen) atoms. The minimum Gasteiger partial charge on any atom is -0.497 e. The summed E-state index contributed by atoms with van der Waals surface area (Å²) < 4.78 is 7.09. The van der Waals surface area contributed by atoms with Crippen LogP contribution >= 0.6 is 11.3 Å². The van der Waals surface area contributed by atoms with Gasteiger partial charge in [0.25, 0.3) is 5.91 Å². The second kappa shape index (κ2) is 6.80. The van der Waals surface area contributed by atoms with Crippen molar-refractivity contribution in [3.8, 4) is 17.0 Å². The maximum Gasteiger partial charge on any atom is 0.271 e. The smallest absolute Gasteiger partial charge is 0.271 e. The van der Waals surface area contributed by atoms with Gasteiger partial charge in [-0.25, -0.2) is 4.98 Å². The Morgan fingerprint density at radius 2 is 2.23 bits per heavy atom. The van der Waals surface area contributed by atoms with Crippen LogP contribution < -0.4 is 10.1 Å². The van der Waals surface area contributed by atoms with E-state index in [2.05, 4.69) is 10.3 Å². The first-order valence-corrected chi connectivity index (χ1v) is 9.20. The molecule has 1 aliphatic heterocycles. The van der Waals surface area contributed by atoms with Crippen molar-refractivity contribution in [3.05, 3.63) is 41.5 Å². The number of amides is 2. The molecule has 0 bridgehead atoms. The molecule has 0 aliphatic carbocycles. The Kier molecular flexibility index (Phi) is 4.34. The molecule has 4 rings (SSSR count). The molecule has 1 fully saturated rings. The highest BCUT2D eigenvalue weighted by Crippen LogP contribution is 2.26. The summed E-state index contributed by atoms with van der Waals surface area (Å²) in [5, 5.41) is 4.61. The monoisotopic (exact) mass is 370 g/mol. The summed E-state index contributed by atoms with van der Waals surface area (Å²) in [7, 11) is 1.63. The number of rotatable bonds is 3. The van der Waals surface area contributed by atoms with Gasteiger partial charge in [-0.05, 0) is 12.1 Å². The highest BCUT2D eigenvalue weighted by Gasteiger charge is 2.23. The van der Waals surface area contributed by atoms with Crippen molar-refractivity contribution >= 4 is 28.1 Å². The van der Waals surface area contributed by atoms with Crippen molar-refractivity contribution in [2.24, 2.45) is 0 Å². The van der Waals surface area contributed by atoms with Crippen molar-refractivity contribution in [1.82, 2.24) is 19.6 Å². The van der Waals surface area contributed by atoms with E-state index in [9.17, 15) is 9.59 Å². The Morgan fingerprint density at radius 3 is 3.08 bits per heavy atom. The summed E-state index contributed by atoms with van der Waals surface area (Å²) in [6.45, 7) is 1.43. The number of nitrogens with zero attached hydrogens (tertiary/aromatic N) is 3. The number of hydrogen-bond acceptors (Lipinski definition) is 5. The normalized spacial score (nSPS) is 15.0. The van der Waals surface area contributed by atoms with E-state index in [0.29, 0.717) is 31.7 Å². The molecule has 1 aromatic carbocycles. The summed E-state index contributed by atoms with van der Waals surface area (Å²) in [6.07, 6.45) is 2.20. The third kappa shape index (κ3) is 3.03. The third-order valence-electron chi connectivity index (χ3n) is 4.39. The number of carbonyl (C=O) groups excluding carboxylic acids is 2. The van der Waals surface area contributed by atoms with E-state index >= 15 is 0 Å². The van der Waals surface area contributed by atoms with Gasteiger partial charge in [0.05, 0.1) is 12.8 Å². The molecule has 0 atom stereocenters. The molecule has 3 heterocycles. The molecule has 2 aromatic heterocycles. The molecule has 7 nitrogen and oxygen atoms in total. The quantitative estimate of drug-likeness (QED) is 0.765. The van der Waals surface area contributed by atoms with E-state index in [0.717, 1.165) is 22.0 Å². The fraction of sp³-hybridized carbons (Fsp3) is 0.278. The third-order valence-corrected chi connectivity index (χ3v) is 5.23. The van der Waals surface area contributed by atoms with Gasteiger partial charge in [-0.1, -0.05) is 12.1 Å². The number of ether oxygens (including phenoxy) is 1. The van der Waals surface area contributed by atoms with Crippen LogP contribution in [0, 0.1) is 0 Å². The Hall–Kier alpha value is -2.87. The highest BCUT2D eigenvalue weighted by molar-refractivity contribution is 7.15. The number of imidazole rings is 1. The second-order valence-corrected chi connectivity index (χ2v) is 6.86. The first-order valence-electron chi connectivity index (χ1n) is 8.32. The van der Waals surface area contributed by atoms with Crippen LogP contribution in [0.5, 0.6) is 5.75 Å². The van der Waals surface area contributed by atoms with E-state index in [4.69, 9.17) is 4.74 Å². The van der Waals surface area contributed by atoms with Gasteiger partial charge in [0, 0.05) is 43.2 Å². The molecular weight excluding hydrogens is 352 g/mol. The van der Waals surface area contributed by atoms with Gasteiger partial charge in [-0.2, -0.15) is 0 Å². The lowest BCUT2D eigenvalue weighted by atomic mass is 10.1. The van der Waals surface area contributed by atoms with Crippen molar-refractivity contribution in [2.75, 3.05) is 26.7 Å². The number of thiazole rings is 1. The molecule has 1 aliphatic rings. The maximum atomic E-state index is 12.9. The molecule has 0 saturated carbocycles. The molecule has 8 heteroatoms. The van der Waals surface area contributed by atoms with Crippen LogP contribution in [0.25, 0.3) is 16.2 Å². The molecule has 3 aromatic rings. The summed E-state index contributed by atoms with van der Waals surface area (Å²) in [4.78, 5) is 31.5. The lowest BCUT2D eigenvalue weighted by molar-refractivity contribution is -0.120. The predicted molar refractivity (Wildman–Crippen MR) is 98.6 cm³/mol. The zero-order chi connectivity index (χ0) is 18.1. The van der Waals surface area contributed by atoms with Crippen LogP contribution in [0.1, 0.15) is 16.9 Å². The molecule has 1 N–H and O–H groups in total. The number of hydrogen-bond donors (Lipinski definition) is 1. The molecule has 134 valence electrons. The standard InChI is InChI=1S/C18H18N4O3S/c1-25-13-4-2-3-12(9-13)14-10-22-15(11-26-18(22)20-14)17(24)21-7-5-16(23)19-6-8-21/h2-4,9-11H,5-8H2,1H3,(H,19,23). The fourth-order valence-corrected chi connectivity index (χ4v) is 3.84. The largest absolute Gasteiger partial charge is 0.497 e. The summed E-state index contributed by atoms with van der Waals surface area (Å²) in [6, 6.07) is 7.67. The first-order chi connectivity index (χ1) is 12.7. The van der Waals surface area contributed by atoms with Gasteiger partial charge in [-0.15, -0.1) is 11.3 Å². The van der Waals surface area contributed by atoms with Gasteiger partial charge in [0.2, 0.25) is 5.91 Å². The average molecular weight is 370 g/mol. The minimum absolute atomic E-state index is 0.0151. The van der Waals surface area contributed by atoms with Crippen LogP contribution in [0.2, 0.25) is 0 Å². The van der Waals surface area contributed by atoms with E-state index < -0.39 is 0 Å². The molecule has 1 saturated heterocycles. The summed E-state index contributed by atoms with van der Waals surface area (Å²) in [5.74, 6) is 0.665. The maximum absolute atomic E-state index is 12.9. The molecule has 0 unspecified atom stereocenters. The summed E-state index contributed by atoms with van der Waals surface area (Å²) >= 11 is 1.43. The minimum atomic E-state index is -0.0812. The molecule has 0 spiro atoms. The Balaban J connectivity index is 1.65. The van der Waals surface area contributed by atoms with Crippen molar-refractivity contribution in [1.29, 1.82) is 0 Å². The van der Waals surface area contributed by atoms with Gasteiger partial charge in [-0.3, -0.25) is 14.0 Å². The highest BCUT2D eigenvalue weighted by atomic mass is 32.1. The van der Waals surface area contributed by atoms with Crippen LogP contribution in [-0.2, 0) is 4.79 Å². The summed E-state index contributed by atoms with van der Waals surface area (Å²) in [5.41, 5.74) is 2.29. The van der Waals surface area contributed by atoms with Crippen LogP contribution in [-0.4, -0.2) is 52.8 Å². The molecule has 2 amide bonds.